The van der Waals surface area contributed by atoms with Gasteiger partial charge in [0.05, 0.1) is 12.0 Å². The first-order chi connectivity index (χ1) is 14.4. The second kappa shape index (κ2) is 9.69. The number of carbonyl (C=O) groups excluding carboxylic acids is 2. The Bertz CT molecular complexity index is 857. The van der Waals surface area contributed by atoms with Gasteiger partial charge in [-0.2, -0.15) is 0 Å². The molecule has 1 saturated heterocycles. The van der Waals surface area contributed by atoms with Crippen LogP contribution in [0.1, 0.15) is 54.4 Å². The number of nitrogens with two attached hydrogens (primary N) is 1. The quantitative estimate of drug-likeness (QED) is 0.704. The Kier molecular flexibility index (Phi) is 7.03. The van der Waals surface area contributed by atoms with Gasteiger partial charge in [-0.15, -0.1) is 0 Å². The van der Waals surface area contributed by atoms with E-state index in [2.05, 4.69) is 22.1 Å². The van der Waals surface area contributed by atoms with E-state index in [4.69, 9.17) is 10.5 Å². The Labute approximate surface area is 177 Å². The van der Waals surface area contributed by atoms with Crippen LogP contribution in [-0.4, -0.2) is 46.4 Å². The summed E-state index contributed by atoms with van der Waals surface area (Å²) in [5.41, 5.74) is 7.37. The van der Waals surface area contributed by atoms with Crippen LogP contribution in [0.25, 0.3) is 0 Å². The number of anilines is 1. The minimum Gasteiger partial charge on any atom is -0.466 e. The summed E-state index contributed by atoms with van der Waals surface area (Å²) in [7, 11) is 0. The summed E-state index contributed by atoms with van der Waals surface area (Å²) in [6, 6.07) is 11.9. The van der Waals surface area contributed by atoms with E-state index in [0.29, 0.717) is 43.9 Å². The lowest BCUT2D eigenvalue weighted by molar-refractivity contribution is -0.159. The lowest BCUT2D eigenvalue weighted by Gasteiger charge is -2.40. The first-order valence-electron chi connectivity index (χ1n) is 10.5. The molecule has 160 valence electrons. The third kappa shape index (κ3) is 5.14. The van der Waals surface area contributed by atoms with Crippen LogP contribution in [0, 0.1) is 12.3 Å². The molecular formula is C23H30N4O3. The predicted octanol–water partition coefficient (Wildman–Crippen LogP) is 3.18. The minimum absolute atomic E-state index is 0.0946. The number of amides is 1. The van der Waals surface area contributed by atoms with Crippen molar-refractivity contribution in [1.82, 2.24) is 14.9 Å². The van der Waals surface area contributed by atoms with Gasteiger partial charge in [-0.05, 0) is 57.6 Å². The molecule has 1 aliphatic rings. The van der Waals surface area contributed by atoms with Gasteiger partial charge < -0.3 is 15.4 Å². The Morgan fingerprint density at radius 2 is 1.87 bits per heavy atom. The van der Waals surface area contributed by atoms with Crippen LogP contribution in [-0.2, 0) is 16.0 Å². The number of rotatable bonds is 7. The van der Waals surface area contributed by atoms with Crippen LogP contribution in [0.2, 0.25) is 0 Å². The van der Waals surface area contributed by atoms with Gasteiger partial charge in [0.25, 0.3) is 5.91 Å². The third-order valence-corrected chi connectivity index (χ3v) is 5.77. The zero-order valence-corrected chi connectivity index (χ0v) is 17.8. The maximum absolute atomic E-state index is 12.9. The SMILES string of the molecule is CCOC(=O)C1(CCCc2ccccc2)CCN(C(=O)c2cc(C)nc(N)n2)CC1. The lowest BCUT2D eigenvalue weighted by Crippen LogP contribution is -2.47. The van der Waals surface area contributed by atoms with E-state index < -0.39 is 5.41 Å². The lowest BCUT2D eigenvalue weighted by atomic mass is 9.74. The van der Waals surface area contributed by atoms with E-state index in [0.717, 1.165) is 19.3 Å². The zero-order valence-electron chi connectivity index (χ0n) is 17.8. The number of carbonyl (C=O) groups is 2. The number of aromatic nitrogens is 2. The van der Waals surface area contributed by atoms with Crippen molar-refractivity contribution in [3.8, 4) is 0 Å². The molecule has 2 N–H and O–H groups in total. The number of aryl methyl sites for hydroxylation is 2. The van der Waals surface area contributed by atoms with Gasteiger partial charge in [0.1, 0.15) is 5.69 Å². The summed E-state index contributed by atoms with van der Waals surface area (Å²) in [6.07, 6.45) is 3.75. The number of nitrogen functional groups attached to an aromatic ring is 1. The van der Waals surface area contributed by atoms with E-state index in [1.807, 2.05) is 25.1 Å². The van der Waals surface area contributed by atoms with Crippen LogP contribution in [0.3, 0.4) is 0 Å². The van der Waals surface area contributed by atoms with Gasteiger partial charge in [0.15, 0.2) is 0 Å². The fourth-order valence-electron chi connectivity index (χ4n) is 4.12. The molecule has 0 spiro atoms. The molecule has 0 atom stereocenters. The minimum atomic E-state index is -0.539. The molecule has 1 amide bonds. The summed E-state index contributed by atoms with van der Waals surface area (Å²) in [4.78, 5) is 35.6. The molecule has 0 saturated carbocycles. The van der Waals surface area contributed by atoms with E-state index in [-0.39, 0.29) is 17.8 Å². The Balaban J connectivity index is 1.66. The maximum Gasteiger partial charge on any atom is 0.312 e. The largest absolute Gasteiger partial charge is 0.466 e. The van der Waals surface area contributed by atoms with Crippen molar-refractivity contribution in [2.75, 3.05) is 25.4 Å². The fraction of sp³-hybridized carbons (Fsp3) is 0.478. The summed E-state index contributed by atoms with van der Waals surface area (Å²) in [6.45, 7) is 4.96. The normalized spacial score (nSPS) is 15.6. The molecule has 1 aromatic heterocycles. The highest BCUT2D eigenvalue weighted by Crippen LogP contribution is 2.38. The van der Waals surface area contributed by atoms with Gasteiger partial charge in [0, 0.05) is 18.8 Å². The predicted molar refractivity (Wildman–Crippen MR) is 115 cm³/mol. The van der Waals surface area contributed by atoms with Crippen molar-refractivity contribution < 1.29 is 14.3 Å². The average Bonchev–Trinajstić information content (AvgIpc) is 2.74. The van der Waals surface area contributed by atoms with Crippen molar-refractivity contribution in [2.24, 2.45) is 5.41 Å². The van der Waals surface area contributed by atoms with E-state index in [9.17, 15) is 9.59 Å². The Morgan fingerprint density at radius 1 is 1.17 bits per heavy atom. The molecule has 0 unspecified atom stereocenters. The molecule has 7 heteroatoms. The summed E-state index contributed by atoms with van der Waals surface area (Å²) >= 11 is 0. The number of hydrogen-bond donors (Lipinski definition) is 1. The number of likely N-dealkylation sites (tertiary alicyclic amines) is 1. The van der Waals surface area contributed by atoms with E-state index >= 15 is 0 Å². The highest BCUT2D eigenvalue weighted by atomic mass is 16.5. The summed E-state index contributed by atoms with van der Waals surface area (Å²) in [5.74, 6) is -0.224. The zero-order chi connectivity index (χ0) is 21.6. The molecule has 7 nitrogen and oxygen atoms in total. The molecule has 30 heavy (non-hydrogen) atoms. The number of nitrogens with zero attached hydrogens (tertiary/aromatic N) is 3. The summed E-state index contributed by atoms with van der Waals surface area (Å²) < 4.78 is 5.42. The highest BCUT2D eigenvalue weighted by molar-refractivity contribution is 5.93. The summed E-state index contributed by atoms with van der Waals surface area (Å²) in [5, 5.41) is 0. The number of ether oxygens (including phenoxy) is 1. The molecule has 1 aliphatic heterocycles. The van der Waals surface area contributed by atoms with Gasteiger partial charge in [-0.3, -0.25) is 9.59 Å². The van der Waals surface area contributed by atoms with Crippen LogP contribution < -0.4 is 5.73 Å². The molecule has 1 aromatic carbocycles. The fourth-order valence-corrected chi connectivity index (χ4v) is 4.12. The van der Waals surface area contributed by atoms with Crippen molar-refractivity contribution in [3.05, 3.63) is 53.3 Å². The second-order valence-electron chi connectivity index (χ2n) is 7.88. The van der Waals surface area contributed by atoms with Crippen LogP contribution >= 0.6 is 0 Å². The van der Waals surface area contributed by atoms with Crippen LogP contribution in [0.5, 0.6) is 0 Å². The highest BCUT2D eigenvalue weighted by Gasteiger charge is 2.43. The Morgan fingerprint density at radius 3 is 2.50 bits per heavy atom. The van der Waals surface area contributed by atoms with Gasteiger partial charge in [-0.25, -0.2) is 9.97 Å². The molecule has 2 heterocycles. The molecular weight excluding hydrogens is 380 g/mol. The van der Waals surface area contributed by atoms with Gasteiger partial charge in [-0.1, -0.05) is 30.3 Å². The number of piperidine rings is 1. The first kappa shape index (κ1) is 21.7. The van der Waals surface area contributed by atoms with Gasteiger partial charge >= 0.3 is 5.97 Å². The Hall–Kier alpha value is -2.96. The van der Waals surface area contributed by atoms with Crippen molar-refractivity contribution in [2.45, 2.75) is 46.0 Å². The van der Waals surface area contributed by atoms with Crippen molar-refractivity contribution >= 4 is 17.8 Å². The molecule has 2 aromatic rings. The standard InChI is InChI=1S/C23H30N4O3/c1-3-30-21(29)23(11-7-10-18-8-5-4-6-9-18)12-14-27(15-13-23)20(28)19-16-17(2)25-22(24)26-19/h4-6,8-9,16H,3,7,10-15H2,1-2H3,(H2,24,25,26). The molecule has 3 rings (SSSR count). The topological polar surface area (TPSA) is 98.4 Å². The molecule has 0 aliphatic carbocycles. The van der Waals surface area contributed by atoms with Crippen LogP contribution in [0.4, 0.5) is 5.95 Å². The molecule has 1 fully saturated rings. The molecule has 0 radical (unpaired) electrons. The smallest absolute Gasteiger partial charge is 0.312 e. The second-order valence-corrected chi connectivity index (χ2v) is 7.88. The third-order valence-electron chi connectivity index (χ3n) is 5.77. The molecule has 0 bridgehead atoms. The average molecular weight is 411 g/mol. The van der Waals surface area contributed by atoms with E-state index in [1.54, 1.807) is 17.9 Å². The number of esters is 1. The van der Waals surface area contributed by atoms with Gasteiger partial charge in [0.2, 0.25) is 5.95 Å². The number of benzene rings is 1. The van der Waals surface area contributed by atoms with Crippen LogP contribution in [0.15, 0.2) is 36.4 Å². The number of hydrogen-bond acceptors (Lipinski definition) is 6. The van der Waals surface area contributed by atoms with Crippen molar-refractivity contribution in [1.29, 1.82) is 0 Å². The van der Waals surface area contributed by atoms with Crippen molar-refractivity contribution in [3.63, 3.8) is 0 Å². The monoisotopic (exact) mass is 410 g/mol. The van der Waals surface area contributed by atoms with E-state index in [1.165, 1.54) is 5.56 Å². The first-order valence-corrected chi connectivity index (χ1v) is 10.5. The maximum atomic E-state index is 12.9.